The van der Waals surface area contributed by atoms with E-state index in [-0.39, 0.29) is 11.4 Å². The molecule has 0 spiro atoms. The van der Waals surface area contributed by atoms with E-state index >= 15 is 0 Å². The van der Waals surface area contributed by atoms with Crippen LogP contribution in [0.3, 0.4) is 0 Å². The zero-order valence-electron chi connectivity index (χ0n) is 13.5. The number of rotatable bonds is 5. The van der Waals surface area contributed by atoms with Gasteiger partial charge >= 0.3 is 0 Å². The van der Waals surface area contributed by atoms with Crippen molar-refractivity contribution in [2.24, 2.45) is 0 Å². The summed E-state index contributed by atoms with van der Waals surface area (Å²) in [6.07, 6.45) is 2.17. The number of benzene rings is 2. The molecule has 1 unspecified atom stereocenters. The number of halogens is 3. The van der Waals surface area contributed by atoms with Gasteiger partial charge in [-0.05, 0) is 47.4 Å². The zero-order chi connectivity index (χ0) is 18.5. The minimum Gasteiger partial charge on any atom is -0.341 e. The van der Waals surface area contributed by atoms with E-state index < -0.39 is 23.6 Å². The average Bonchev–Trinajstić information content (AvgIpc) is 3.14. The van der Waals surface area contributed by atoms with Crippen molar-refractivity contribution in [3.8, 4) is 0 Å². The minimum atomic E-state index is -0.748. The van der Waals surface area contributed by atoms with Crippen molar-refractivity contribution in [2.75, 3.05) is 0 Å². The highest BCUT2D eigenvalue weighted by molar-refractivity contribution is 7.10. The molecule has 0 aliphatic carbocycles. The van der Waals surface area contributed by atoms with Gasteiger partial charge in [-0.1, -0.05) is 24.3 Å². The van der Waals surface area contributed by atoms with Gasteiger partial charge in [0, 0.05) is 16.5 Å². The van der Waals surface area contributed by atoms with Crippen LogP contribution in [0.1, 0.15) is 22.0 Å². The van der Waals surface area contributed by atoms with E-state index in [0.29, 0.717) is 5.56 Å². The molecular weight excluding hydrogens is 359 g/mol. The average molecular weight is 373 g/mol. The number of thiophene rings is 1. The van der Waals surface area contributed by atoms with Crippen molar-refractivity contribution >= 4 is 23.3 Å². The molecule has 2 aromatic carbocycles. The van der Waals surface area contributed by atoms with Gasteiger partial charge in [-0.2, -0.15) is 0 Å². The fourth-order valence-electron chi connectivity index (χ4n) is 2.45. The van der Waals surface area contributed by atoms with Crippen LogP contribution in [0.5, 0.6) is 0 Å². The molecule has 1 aromatic heterocycles. The van der Waals surface area contributed by atoms with Crippen LogP contribution in [0.25, 0.3) is 6.08 Å². The molecular formula is C20H14F3NOS. The van der Waals surface area contributed by atoms with Crippen molar-refractivity contribution in [2.45, 2.75) is 6.04 Å². The molecule has 6 heteroatoms. The first-order chi connectivity index (χ1) is 12.5. The number of amides is 1. The maximum absolute atomic E-state index is 13.6. The Morgan fingerprint density at radius 3 is 2.27 bits per heavy atom. The summed E-state index contributed by atoms with van der Waals surface area (Å²) < 4.78 is 40.4. The second-order valence-electron chi connectivity index (χ2n) is 5.48. The zero-order valence-corrected chi connectivity index (χ0v) is 14.3. The normalized spacial score (nSPS) is 12.3. The second kappa shape index (κ2) is 8.01. The number of carbonyl (C=O) groups is 1. The molecule has 2 nitrogen and oxygen atoms in total. The van der Waals surface area contributed by atoms with Crippen molar-refractivity contribution in [3.63, 3.8) is 0 Å². The molecule has 3 rings (SSSR count). The summed E-state index contributed by atoms with van der Waals surface area (Å²) in [6, 6.07) is 12.5. The molecule has 0 aliphatic heterocycles. The maximum Gasteiger partial charge on any atom is 0.244 e. The van der Waals surface area contributed by atoms with Gasteiger partial charge in [-0.15, -0.1) is 11.3 Å². The third-order valence-electron chi connectivity index (χ3n) is 3.72. The number of hydrogen-bond donors (Lipinski definition) is 1. The molecule has 1 N–H and O–H groups in total. The summed E-state index contributed by atoms with van der Waals surface area (Å²) in [4.78, 5) is 13.1. The molecule has 0 aliphatic rings. The molecule has 3 aromatic rings. The highest BCUT2D eigenvalue weighted by atomic mass is 32.1. The smallest absolute Gasteiger partial charge is 0.244 e. The summed E-state index contributed by atoms with van der Waals surface area (Å²) in [7, 11) is 0. The first-order valence-corrected chi connectivity index (χ1v) is 8.64. The van der Waals surface area contributed by atoms with E-state index in [9.17, 15) is 18.0 Å². The molecule has 0 bridgehead atoms. The summed E-state index contributed by atoms with van der Waals surface area (Å²) in [5.74, 6) is -2.39. The number of nitrogens with one attached hydrogen (secondary N) is 1. The largest absolute Gasteiger partial charge is 0.341 e. The van der Waals surface area contributed by atoms with Crippen LogP contribution in [0, 0.1) is 17.5 Å². The van der Waals surface area contributed by atoms with Crippen molar-refractivity contribution in [1.29, 1.82) is 0 Å². The first kappa shape index (κ1) is 17.9. The van der Waals surface area contributed by atoms with Gasteiger partial charge in [0.1, 0.15) is 17.5 Å². The Morgan fingerprint density at radius 1 is 0.962 bits per heavy atom. The summed E-state index contributed by atoms with van der Waals surface area (Å²) in [5.41, 5.74) is 0.421. The van der Waals surface area contributed by atoms with Gasteiger partial charge in [0.25, 0.3) is 0 Å². The summed E-state index contributed by atoms with van der Waals surface area (Å²) in [6.45, 7) is 0. The van der Waals surface area contributed by atoms with E-state index in [1.54, 1.807) is 12.1 Å². The van der Waals surface area contributed by atoms with Gasteiger partial charge in [-0.3, -0.25) is 4.79 Å². The molecule has 132 valence electrons. The molecule has 1 atom stereocenters. The van der Waals surface area contributed by atoms with E-state index in [1.165, 1.54) is 29.5 Å². The second-order valence-corrected chi connectivity index (χ2v) is 6.46. The SMILES string of the molecule is O=C(C=Cc1c(F)cccc1F)NC(c1ccc(F)cc1)c1cccs1. The van der Waals surface area contributed by atoms with Crippen LogP contribution >= 0.6 is 11.3 Å². The summed E-state index contributed by atoms with van der Waals surface area (Å²) >= 11 is 1.44. The Labute approximate surface area is 152 Å². The van der Waals surface area contributed by atoms with E-state index in [2.05, 4.69) is 5.32 Å². The monoisotopic (exact) mass is 373 g/mol. The maximum atomic E-state index is 13.6. The van der Waals surface area contributed by atoms with Gasteiger partial charge in [0.15, 0.2) is 0 Å². The standard InChI is InChI=1S/C20H14F3NOS/c21-14-8-6-13(7-9-14)20(18-5-2-12-26-18)24-19(25)11-10-15-16(22)3-1-4-17(15)23/h1-12,20H,(H,24,25). The third kappa shape index (κ3) is 4.21. The van der Waals surface area contributed by atoms with Gasteiger partial charge in [0.05, 0.1) is 6.04 Å². The molecule has 0 radical (unpaired) electrons. The molecule has 0 fully saturated rings. The van der Waals surface area contributed by atoms with Crippen LogP contribution < -0.4 is 5.32 Å². The van der Waals surface area contributed by atoms with E-state index in [1.807, 2.05) is 17.5 Å². The molecule has 1 amide bonds. The molecule has 0 saturated heterocycles. The fraction of sp³-hybridized carbons (Fsp3) is 0.0500. The quantitative estimate of drug-likeness (QED) is 0.621. The van der Waals surface area contributed by atoms with Crippen LogP contribution in [-0.2, 0) is 4.79 Å². The van der Waals surface area contributed by atoms with E-state index in [4.69, 9.17) is 0 Å². The van der Waals surface area contributed by atoms with Crippen molar-refractivity contribution in [3.05, 3.63) is 99.5 Å². The Morgan fingerprint density at radius 2 is 1.65 bits per heavy atom. The summed E-state index contributed by atoms with van der Waals surface area (Å²) in [5, 5.41) is 4.65. The highest BCUT2D eigenvalue weighted by Gasteiger charge is 2.17. The molecule has 0 saturated carbocycles. The lowest BCUT2D eigenvalue weighted by Crippen LogP contribution is -2.27. The predicted octanol–water partition coefficient (Wildman–Crippen LogP) is 5.08. The Kier molecular flexibility index (Phi) is 5.53. The lowest BCUT2D eigenvalue weighted by atomic mass is 10.1. The Bertz CT molecular complexity index is 900. The lowest BCUT2D eigenvalue weighted by Gasteiger charge is -2.17. The van der Waals surface area contributed by atoms with Crippen molar-refractivity contribution in [1.82, 2.24) is 5.32 Å². The lowest BCUT2D eigenvalue weighted by molar-refractivity contribution is -0.116. The fourth-order valence-corrected chi connectivity index (χ4v) is 3.25. The van der Waals surface area contributed by atoms with Gasteiger partial charge in [0.2, 0.25) is 5.91 Å². The highest BCUT2D eigenvalue weighted by Crippen LogP contribution is 2.26. The number of carbonyl (C=O) groups excluding carboxylic acids is 1. The van der Waals surface area contributed by atoms with Gasteiger partial charge < -0.3 is 5.32 Å². The first-order valence-electron chi connectivity index (χ1n) is 7.76. The van der Waals surface area contributed by atoms with Gasteiger partial charge in [-0.25, -0.2) is 13.2 Å². The van der Waals surface area contributed by atoms with Crippen LogP contribution in [-0.4, -0.2) is 5.91 Å². The van der Waals surface area contributed by atoms with Crippen molar-refractivity contribution < 1.29 is 18.0 Å². The van der Waals surface area contributed by atoms with Crippen LogP contribution in [0.2, 0.25) is 0 Å². The molecule has 1 heterocycles. The van der Waals surface area contributed by atoms with Crippen LogP contribution in [0.4, 0.5) is 13.2 Å². The molecule has 26 heavy (non-hydrogen) atoms. The predicted molar refractivity (Wildman–Crippen MR) is 96.1 cm³/mol. The third-order valence-corrected chi connectivity index (χ3v) is 4.66. The minimum absolute atomic E-state index is 0.280. The Balaban J connectivity index is 1.82. The van der Waals surface area contributed by atoms with E-state index in [0.717, 1.165) is 29.2 Å². The van der Waals surface area contributed by atoms with Crippen LogP contribution in [0.15, 0.2) is 66.1 Å². The Hall–Kier alpha value is -2.86. The topological polar surface area (TPSA) is 29.1 Å². The number of hydrogen-bond acceptors (Lipinski definition) is 2.